The van der Waals surface area contributed by atoms with Crippen LogP contribution in [0.3, 0.4) is 0 Å². The molecule has 0 bridgehead atoms. The normalized spacial score (nSPS) is 15.8. The summed E-state index contributed by atoms with van der Waals surface area (Å²) in [6.45, 7) is 18.3. The Bertz CT molecular complexity index is 281. The van der Waals surface area contributed by atoms with Gasteiger partial charge in [-0.3, -0.25) is 4.79 Å². The Kier molecular flexibility index (Phi) is 7.83. The van der Waals surface area contributed by atoms with Gasteiger partial charge in [-0.1, -0.05) is 55.4 Å². The van der Waals surface area contributed by atoms with Crippen LogP contribution in [0.1, 0.15) is 81.1 Å². The third kappa shape index (κ3) is 12.5. The Morgan fingerprint density at radius 3 is 1.80 bits per heavy atom. The lowest BCUT2D eigenvalue weighted by Gasteiger charge is -2.24. The highest BCUT2D eigenvalue weighted by Gasteiger charge is 2.19. The molecule has 0 radical (unpaired) electrons. The summed E-state index contributed by atoms with van der Waals surface area (Å²) < 4.78 is 5.37. The molecule has 0 unspecified atom stereocenters. The van der Waals surface area contributed by atoms with Crippen molar-refractivity contribution in [1.82, 2.24) is 0 Å². The average Bonchev–Trinajstić information content (AvgIpc) is 2.10. The van der Waals surface area contributed by atoms with Crippen LogP contribution in [0.5, 0.6) is 0 Å². The van der Waals surface area contributed by atoms with Gasteiger partial charge in [-0.05, 0) is 41.9 Å². The van der Waals surface area contributed by atoms with Gasteiger partial charge in [-0.25, -0.2) is 0 Å². The standard InChI is InChI=1S/C18H36O2/c1-14(12-17(3,4)5)9-10-20-16(19)11-15(2)13-18(6,7)8/h14-15H,9-13H2,1-8H3/t14-,15-/m0/s1. The summed E-state index contributed by atoms with van der Waals surface area (Å²) >= 11 is 0. The van der Waals surface area contributed by atoms with Crippen LogP contribution < -0.4 is 0 Å². The van der Waals surface area contributed by atoms with E-state index in [0.717, 1.165) is 12.8 Å². The van der Waals surface area contributed by atoms with E-state index < -0.39 is 0 Å². The topological polar surface area (TPSA) is 26.3 Å². The van der Waals surface area contributed by atoms with E-state index in [1.165, 1.54) is 6.42 Å². The lowest BCUT2D eigenvalue weighted by atomic mass is 9.84. The predicted octanol–water partition coefficient (Wildman–Crippen LogP) is 5.45. The molecule has 0 aliphatic rings. The maximum atomic E-state index is 11.8. The second-order valence-electron chi connectivity index (χ2n) is 8.95. The molecule has 0 aliphatic carbocycles. The van der Waals surface area contributed by atoms with Gasteiger partial charge >= 0.3 is 5.97 Å². The molecule has 120 valence electrons. The summed E-state index contributed by atoms with van der Waals surface area (Å²) in [5.74, 6) is 0.967. The van der Waals surface area contributed by atoms with Crippen LogP contribution in [0.25, 0.3) is 0 Å². The molecule has 0 aromatic heterocycles. The molecule has 0 aromatic rings. The molecular weight excluding hydrogens is 248 g/mol. The Hall–Kier alpha value is -0.530. The maximum Gasteiger partial charge on any atom is 0.306 e. The SMILES string of the molecule is C[C@@H](CCOC(=O)C[C@H](C)CC(C)(C)C)CC(C)(C)C. The van der Waals surface area contributed by atoms with Crippen LogP contribution in [0.2, 0.25) is 0 Å². The van der Waals surface area contributed by atoms with Crippen molar-refractivity contribution in [1.29, 1.82) is 0 Å². The highest BCUT2D eigenvalue weighted by molar-refractivity contribution is 5.69. The molecule has 0 saturated carbocycles. The maximum absolute atomic E-state index is 11.8. The number of ether oxygens (including phenoxy) is 1. The van der Waals surface area contributed by atoms with Gasteiger partial charge in [0, 0.05) is 6.42 Å². The van der Waals surface area contributed by atoms with Crippen LogP contribution in [0, 0.1) is 22.7 Å². The first-order chi connectivity index (χ1) is 8.89. The quantitative estimate of drug-likeness (QED) is 0.581. The Morgan fingerprint density at radius 2 is 1.35 bits per heavy atom. The molecule has 0 aromatic carbocycles. The van der Waals surface area contributed by atoms with Crippen LogP contribution >= 0.6 is 0 Å². The molecule has 0 rings (SSSR count). The molecular formula is C18H36O2. The second kappa shape index (κ2) is 8.05. The third-order valence-corrected chi connectivity index (χ3v) is 3.31. The Morgan fingerprint density at radius 1 is 0.900 bits per heavy atom. The smallest absolute Gasteiger partial charge is 0.306 e. The van der Waals surface area contributed by atoms with E-state index >= 15 is 0 Å². The van der Waals surface area contributed by atoms with Crippen LogP contribution in [0.15, 0.2) is 0 Å². The van der Waals surface area contributed by atoms with E-state index in [2.05, 4.69) is 55.4 Å². The molecule has 0 aliphatic heterocycles. The first-order valence-electron chi connectivity index (χ1n) is 8.05. The zero-order valence-corrected chi connectivity index (χ0v) is 15.0. The fourth-order valence-corrected chi connectivity index (χ4v) is 2.98. The van der Waals surface area contributed by atoms with E-state index in [-0.39, 0.29) is 11.4 Å². The van der Waals surface area contributed by atoms with Crippen molar-refractivity contribution in [2.24, 2.45) is 22.7 Å². The summed E-state index contributed by atoms with van der Waals surface area (Å²) in [6.07, 6.45) is 3.75. The lowest BCUT2D eigenvalue weighted by Crippen LogP contribution is -2.17. The van der Waals surface area contributed by atoms with Gasteiger partial charge in [0.25, 0.3) is 0 Å². The molecule has 2 atom stereocenters. The zero-order chi connectivity index (χ0) is 16.0. The van der Waals surface area contributed by atoms with E-state index in [0.29, 0.717) is 30.3 Å². The Balaban J connectivity index is 3.84. The van der Waals surface area contributed by atoms with Gasteiger partial charge < -0.3 is 4.74 Å². The minimum absolute atomic E-state index is 0.0373. The van der Waals surface area contributed by atoms with Crippen LogP contribution in [-0.4, -0.2) is 12.6 Å². The molecule has 0 amide bonds. The number of hydrogen-bond acceptors (Lipinski definition) is 2. The molecule has 0 spiro atoms. The number of hydrogen-bond donors (Lipinski definition) is 0. The van der Waals surface area contributed by atoms with E-state index in [1.54, 1.807) is 0 Å². The van der Waals surface area contributed by atoms with Gasteiger partial charge in [-0.2, -0.15) is 0 Å². The highest BCUT2D eigenvalue weighted by Crippen LogP contribution is 2.27. The first-order valence-corrected chi connectivity index (χ1v) is 8.05. The van der Waals surface area contributed by atoms with Gasteiger partial charge in [0.2, 0.25) is 0 Å². The van der Waals surface area contributed by atoms with Gasteiger partial charge in [0.15, 0.2) is 0 Å². The second-order valence-corrected chi connectivity index (χ2v) is 8.95. The number of esters is 1. The van der Waals surface area contributed by atoms with Crippen molar-refractivity contribution in [3.8, 4) is 0 Å². The first kappa shape index (κ1) is 19.5. The molecule has 0 fully saturated rings. The largest absolute Gasteiger partial charge is 0.466 e. The highest BCUT2D eigenvalue weighted by atomic mass is 16.5. The van der Waals surface area contributed by atoms with Gasteiger partial charge in [0.1, 0.15) is 0 Å². The third-order valence-electron chi connectivity index (χ3n) is 3.31. The van der Waals surface area contributed by atoms with Gasteiger partial charge in [-0.15, -0.1) is 0 Å². The van der Waals surface area contributed by atoms with E-state index in [4.69, 9.17) is 4.74 Å². The predicted molar refractivity (Wildman–Crippen MR) is 86.7 cm³/mol. The van der Waals surface area contributed by atoms with Crippen molar-refractivity contribution in [3.05, 3.63) is 0 Å². The van der Waals surface area contributed by atoms with Crippen LogP contribution in [0.4, 0.5) is 0 Å². The Labute approximate surface area is 126 Å². The summed E-state index contributed by atoms with van der Waals surface area (Å²) in [5, 5.41) is 0. The molecule has 0 heterocycles. The molecule has 2 heteroatoms. The van der Waals surface area contributed by atoms with Crippen molar-refractivity contribution < 1.29 is 9.53 Å². The van der Waals surface area contributed by atoms with Crippen molar-refractivity contribution in [2.75, 3.05) is 6.61 Å². The average molecular weight is 284 g/mol. The van der Waals surface area contributed by atoms with Crippen LogP contribution in [-0.2, 0) is 9.53 Å². The van der Waals surface area contributed by atoms with E-state index in [1.807, 2.05) is 0 Å². The monoisotopic (exact) mass is 284 g/mol. The zero-order valence-electron chi connectivity index (χ0n) is 15.0. The van der Waals surface area contributed by atoms with Gasteiger partial charge in [0.05, 0.1) is 6.61 Å². The summed E-state index contributed by atoms with van der Waals surface area (Å²) in [5.41, 5.74) is 0.631. The molecule has 0 N–H and O–H groups in total. The number of carbonyl (C=O) groups excluding carboxylic acids is 1. The molecule has 0 saturated heterocycles. The minimum Gasteiger partial charge on any atom is -0.466 e. The number of rotatable bonds is 7. The summed E-state index contributed by atoms with van der Waals surface area (Å²) in [4.78, 5) is 11.8. The van der Waals surface area contributed by atoms with Crippen molar-refractivity contribution in [3.63, 3.8) is 0 Å². The minimum atomic E-state index is -0.0373. The molecule has 2 nitrogen and oxygen atoms in total. The van der Waals surface area contributed by atoms with E-state index in [9.17, 15) is 4.79 Å². The van der Waals surface area contributed by atoms with Crippen molar-refractivity contribution >= 4 is 5.97 Å². The van der Waals surface area contributed by atoms with Crippen molar-refractivity contribution in [2.45, 2.75) is 81.1 Å². The summed E-state index contributed by atoms with van der Waals surface area (Å²) in [6, 6.07) is 0. The summed E-state index contributed by atoms with van der Waals surface area (Å²) in [7, 11) is 0. The lowest BCUT2D eigenvalue weighted by molar-refractivity contribution is -0.145. The number of carbonyl (C=O) groups is 1. The fourth-order valence-electron chi connectivity index (χ4n) is 2.98. The fraction of sp³-hybridized carbons (Fsp3) is 0.944. The molecule has 20 heavy (non-hydrogen) atoms.